The molecule has 0 N–H and O–H groups in total. The summed E-state index contributed by atoms with van der Waals surface area (Å²) in [5.74, 6) is 4.57. The van der Waals surface area contributed by atoms with Crippen LogP contribution in [-0.4, -0.2) is 6.61 Å². The van der Waals surface area contributed by atoms with E-state index in [0.717, 1.165) is 42.4 Å². The van der Waals surface area contributed by atoms with Gasteiger partial charge in [0.1, 0.15) is 5.75 Å². The minimum atomic E-state index is 0.765. The normalized spacial score (nSPS) is 27.7. The lowest BCUT2D eigenvalue weighted by molar-refractivity contribution is 0.295. The Morgan fingerprint density at radius 1 is 0.759 bits per heavy atom. The fourth-order valence-electron chi connectivity index (χ4n) is 5.78. The van der Waals surface area contributed by atoms with Crippen LogP contribution in [0.3, 0.4) is 0 Å². The molecule has 2 saturated carbocycles. The Morgan fingerprint density at radius 3 is 2.14 bits per heavy atom. The Kier molecular flexibility index (Phi) is 9.40. The lowest BCUT2D eigenvalue weighted by Gasteiger charge is -2.33. The van der Waals surface area contributed by atoms with Crippen molar-refractivity contribution in [3.05, 3.63) is 29.3 Å². The summed E-state index contributed by atoms with van der Waals surface area (Å²) in [5.41, 5.74) is 3.33. The second-order valence-corrected chi connectivity index (χ2v) is 10.2. The third-order valence-corrected chi connectivity index (χ3v) is 7.74. The maximum Gasteiger partial charge on any atom is 0.119 e. The van der Waals surface area contributed by atoms with Gasteiger partial charge in [-0.2, -0.15) is 0 Å². The minimum Gasteiger partial charge on any atom is -0.494 e. The van der Waals surface area contributed by atoms with Crippen LogP contribution in [0.2, 0.25) is 0 Å². The van der Waals surface area contributed by atoms with Crippen molar-refractivity contribution in [1.29, 1.82) is 0 Å². The van der Waals surface area contributed by atoms with E-state index in [1.165, 1.54) is 83.5 Å². The van der Waals surface area contributed by atoms with E-state index in [9.17, 15) is 0 Å². The molecule has 1 heteroatoms. The lowest BCUT2D eigenvalue weighted by atomic mass is 9.72. The van der Waals surface area contributed by atoms with Crippen LogP contribution >= 0.6 is 0 Å². The predicted octanol–water partition coefficient (Wildman–Crippen LogP) is 9.01. The fraction of sp³-hybridized carbons (Fsp3) is 0.786. The maximum absolute atomic E-state index is 6.04. The van der Waals surface area contributed by atoms with Gasteiger partial charge >= 0.3 is 0 Å². The molecule has 29 heavy (non-hydrogen) atoms. The van der Waals surface area contributed by atoms with E-state index < -0.39 is 0 Å². The molecule has 0 bridgehead atoms. The predicted molar refractivity (Wildman–Crippen MR) is 126 cm³/mol. The van der Waals surface area contributed by atoms with Crippen molar-refractivity contribution in [1.82, 2.24) is 0 Å². The maximum atomic E-state index is 6.04. The van der Waals surface area contributed by atoms with Crippen molar-refractivity contribution in [2.24, 2.45) is 11.8 Å². The van der Waals surface area contributed by atoms with Crippen molar-refractivity contribution in [2.75, 3.05) is 6.61 Å². The summed E-state index contributed by atoms with van der Waals surface area (Å²) in [6.07, 6.45) is 19.5. The highest BCUT2D eigenvalue weighted by atomic mass is 16.5. The summed E-state index contributed by atoms with van der Waals surface area (Å²) in [5, 5.41) is 0. The van der Waals surface area contributed by atoms with Crippen LogP contribution in [0.4, 0.5) is 0 Å². The molecule has 2 aliphatic rings. The van der Waals surface area contributed by atoms with E-state index in [4.69, 9.17) is 4.74 Å². The quantitative estimate of drug-likeness (QED) is 0.357. The number of unbranched alkanes of at least 4 members (excludes halogenated alkanes) is 3. The van der Waals surface area contributed by atoms with Gasteiger partial charge in [0.15, 0.2) is 0 Å². The molecule has 0 heterocycles. The first-order valence-electron chi connectivity index (χ1n) is 13.0. The zero-order valence-corrected chi connectivity index (χ0v) is 19.6. The number of benzene rings is 1. The van der Waals surface area contributed by atoms with Crippen molar-refractivity contribution in [3.63, 3.8) is 0 Å². The Morgan fingerprint density at radius 2 is 1.45 bits per heavy atom. The van der Waals surface area contributed by atoms with Gasteiger partial charge in [0.25, 0.3) is 0 Å². The first kappa shape index (κ1) is 22.7. The molecule has 3 rings (SSSR count). The number of rotatable bonds is 10. The van der Waals surface area contributed by atoms with Crippen LogP contribution in [0.1, 0.15) is 134 Å². The molecule has 0 amide bonds. The van der Waals surface area contributed by atoms with Gasteiger partial charge in [-0.25, -0.2) is 0 Å². The van der Waals surface area contributed by atoms with Gasteiger partial charge in [-0.05, 0) is 91.9 Å². The van der Waals surface area contributed by atoms with Crippen LogP contribution in [0.15, 0.2) is 18.2 Å². The van der Waals surface area contributed by atoms with E-state index in [1.54, 1.807) is 11.1 Å². The minimum absolute atomic E-state index is 0.765. The fourth-order valence-corrected chi connectivity index (χ4v) is 5.78. The lowest BCUT2D eigenvalue weighted by Crippen LogP contribution is -2.17. The molecular weight excluding hydrogens is 352 g/mol. The first-order chi connectivity index (χ1) is 14.2. The first-order valence-corrected chi connectivity index (χ1v) is 13.0. The molecule has 1 nitrogen and oxygen atoms in total. The highest BCUT2D eigenvalue weighted by Gasteiger charge is 2.28. The van der Waals surface area contributed by atoms with Crippen LogP contribution in [0.5, 0.6) is 5.75 Å². The van der Waals surface area contributed by atoms with Gasteiger partial charge in [-0.15, -0.1) is 0 Å². The third kappa shape index (κ3) is 6.76. The molecule has 0 unspecified atom stereocenters. The smallest absolute Gasteiger partial charge is 0.119 e. The van der Waals surface area contributed by atoms with Crippen molar-refractivity contribution in [2.45, 2.75) is 122 Å². The molecule has 0 spiro atoms. The monoisotopic (exact) mass is 398 g/mol. The van der Waals surface area contributed by atoms with E-state index in [-0.39, 0.29) is 0 Å². The second-order valence-electron chi connectivity index (χ2n) is 10.2. The van der Waals surface area contributed by atoms with Crippen molar-refractivity contribution in [3.8, 4) is 5.75 Å². The highest BCUT2D eigenvalue weighted by Crippen LogP contribution is 2.44. The van der Waals surface area contributed by atoms with Gasteiger partial charge in [-0.1, -0.05) is 71.8 Å². The number of ether oxygens (including phenoxy) is 1. The topological polar surface area (TPSA) is 9.23 Å². The van der Waals surface area contributed by atoms with Gasteiger partial charge in [0.2, 0.25) is 0 Å². The molecule has 0 atom stereocenters. The summed E-state index contributed by atoms with van der Waals surface area (Å²) >= 11 is 0. The van der Waals surface area contributed by atoms with E-state index >= 15 is 0 Å². The zero-order chi connectivity index (χ0) is 20.5. The zero-order valence-electron chi connectivity index (χ0n) is 19.6. The summed E-state index contributed by atoms with van der Waals surface area (Å²) in [6, 6.07) is 7.14. The molecule has 1 aromatic rings. The molecule has 1 aromatic carbocycles. The largest absolute Gasteiger partial charge is 0.494 e. The van der Waals surface area contributed by atoms with Crippen LogP contribution < -0.4 is 4.74 Å². The van der Waals surface area contributed by atoms with Gasteiger partial charge < -0.3 is 4.74 Å². The third-order valence-electron chi connectivity index (χ3n) is 7.74. The van der Waals surface area contributed by atoms with Crippen LogP contribution in [0.25, 0.3) is 0 Å². The van der Waals surface area contributed by atoms with Crippen LogP contribution in [0, 0.1) is 11.8 Å². The molecule has 2 fully saturated rings. The van der Waals surface area contributed by atoms with E-state index in [2.05, 4.69) is 39.0 Å². The average Bonchev–Trinajstić information content (AvgIpc) is 2.76. The Labute approximate surface area is 181 Å². The molecule has 2 aliphatic carbocycles. The average molecular weight is 399 g/mol. The summed E-state index contributed by atoms with van der Waals surface area (Å²) in [7, 11) is 0. The second kappa shape index (κ2) is 12.0. The molecule has 0 aliphatic heterocycles. The standard InChI is InChI=1S/C28H46O/c1-4-6-7-8-9-23-12-16-25(17-13-23)28-21-26(29-20-5-2)18-19-27(28)24-14-10-22(3)11-15-24/h18-19,21-25H,4-17,20H2,1-3H3. The van der Waals surface area contributed by atoms with E-state index in [1.807, 2.05) is 0 Å². The summed E-state index contributed by atoms with van der Waals surface area (Å²) in [4.78, 5) is 0. The molecule has 0 radical (unpaired) electrons. The van der Waals surface area contributed by atoms with Crippen LogP contribution in [-0.2, 0) is 0 Å². The Bertz CT molecular complexity index is 576. The van der Waals surface area contributed by atoms with Gasteiger partial charge in [-0.3, -0.25) is 0 Å². The molecule has 164 valence electrons. The highest BCUT2D eigenvalue weighted by molar-refractivity contribution is 5.40. The Balaban J connectivity index is 1.65. The van der Waals surface area contributed by atoms with E-state index in [0.29, 0.717) is 0 Å². The number of hydrogen-bond acceptors (Lipinski definition) is 1. The molecule has 0 saturated heterocycles. The number of hydrogen-bond donors (Lipinski definition) is 0. The molecule has 0 aromatic heterocycles. The van der Waals surface area contributed by atoms with Crippen molar-refractivity contribution >= 4 is 0 Å². The SMILES string of the molecule is CCCCCCC1CCC(c2cc(OCCC)ccc2C2CCC(C)CC2)CC1. The summed E-state index contributed by atoms with van der Waals surface area (Å²) in [6.45, 7) is 7.78. The van der Waals surface area contributed by atoms with Gasteiger partial charge in [0, 0.05) is 0 Å². The van der Waals surface area contributed by atoms with Crippen molar-refractivity contribution < 1.29 is 4.74 Å². The Hall–Kier alpha value is -0.980. The molecular formula is C28H46O. The summed E-state index contributed by atoms with van der Waals surface area (Å²) < 4.78 is 6.04. The van der Waals surface area contributed by atoms with Gasteiger partial charge in [0.05, 0.1) is 6.61 Å².